The molecular formula is C45H43ClFN7O2. The van der Waals surface area contributed by atoms with Crippen LogP contribution in [-0.2, 0) is 16.8 Å². The summed E-state index contributed by atoms with van der Waals surface area (Å²) in [5, 5.41) is 12.7. The molecule has 2 heterocycles. The van der Waals surface area contributed by atoms with Gasteiger partial charge in [0.05, 0.1) is 24.7 Å². The highest BCUT2D eigenvalue weighted by Crippen LogP contribution is 2.44. The van der Waals surface area contributed by atoms with Gasteiger partial charge >= 0.3 is 6.01 Å². The van der Waals surface area contributed by atoms with Gasteiger partial charge in [-0.1, -0.05) is 129 Å². The highest BCUT2D eigenvalue weighted by Gasteiger charge is 2.41. The Morgan fingerprint density at radius 1 is 0.821 bits per heavy atom. The lowest BCUT2D eigenvalue weighted by molar-refractivity contribution is -0.115. The molecule has 11 heteroatoms. The van der Waals surface area contributed by atoms with Crippen LogP contribution < -0.4 is 15.4 Å². The second kappa shape index (κ2) is 17.6. The number of aromatic nitrogens is 4. The minimum absolute atomic E-state index is 0.0361. The van der Waals surface area contributed by atoms with E-state index in [1.807, 2.05) is 89.6 Å². The molecule has 1 amide bonds. The summed E-state index contributed by atoms with van der Waals surface area (Å²) in [5.41, 5.74) is 4.00. The van der Waals surface area contributed by atoms with E-state index in [0.717, 1.165) is 60.0 Å². The van der Waals surface area contributed by atoms with Crippen molar-refractivity contribution < 1.29 is 13.9 Å². The topological polar surface area (TPSA) is 97.2 Å². The molecule has 0 aliphatic carbocycles. The number of ether oxygens (including phenoxy) is 1. The van der Waals surface area contributed by atoms with E-state index in [1.165, 1.54) is 0 Å². The molecule has 284 valence electrons. The third-order valence-electron chi connectivity index (χ3n) is 9.84. The van der Waals surface area contributed by atoms with Gasteiger partial charge in [-0.2, -0.15) is 10.1 Å². The van der Waals surface area contributed by atoms with E-state index in [2.05, 4.69) is 75.7 Å². The van der Waals surface area contributed by atoms with Crippen molar-refractivity contribution in [1.29, 1.82) is 0 Å². The molecule has 0 saturated heterocycles. The number of hydrogen-bond donors (Lipinski definition) is 2. The molecule has 0 radical (unpaired) electrons. The van der Waals surface area contributed by atoms with Gasteiger partial charge in [-0.15, -0.1) is 0 Å². The highest BCUT2D eigenvalue weighted by atomic mass is 35.5. The maximum atomic E-state index is 15.2. The van der Waals surface area contributed by atoms with Crippen LogP contribution in [0.3, 0.4) is 0 Å². The maximum absolute atomic E-state index is 15.2. The predicted molar refractivity (Wildman–Crippen MR) is 221 cm³/mol. The number of halogens is 2. The molecule has 0 bridgehead atoms. The van der Waals surface area contributed by atoms with Crippen molar-refractivity contribution in [2.75, 3.05) is 36.9 Å². The third-order valence-corrected chi connectivity index (χ3v) is 10.1. The number of carbonyl (C=O) groups excluding carboxylic acids is 1. The molecule has 5 aromatic carbocycles. The van der Waals surface area contributed by atoms with Gasteiger partial charge < -0.3 is 20.3 Å². The van der Waals surface area contributed by atoms with Crippen molar-refractivity contribution in [3.05, 3.63) is 173 Å². The second-order valence-corrected chi connectivity index (χ2v) is 13.8. The van der Waals surface area contributed by atoms with Crippen LogP contribution >= 0.6 is 11.6 Å². The molecule has 0 aliphatic heterocycles. The van der Waals surface area contributed by atoms with Crippen LogP contribution in [-0.4, -0.2) is 56.8 Å². The number of nitrogens with one attached hydrogen (secondary N) is 2. The van der Waals surface area contributed by atoms with Crippen LogP contribution in [0.4, 0.5) is 21.7 Å². The third kappa shape index (κ3) is 8.27. The fraction of sp³-hybridized carbons (Fsp3) is 0.200. The first-order valence-electron chi connectivity index (χ1n) is 18.8. The first-order chi connectivity index (χ1) is 27.4. The average molecular weight is 768 g/mol. The lowest BCUT2D eigenvalue weighted by atomic mass is 9.77. The van der Waals surface area contributed by atoms with Crippen molar-refractivity contribution >= 4 is 45.7 Å². The lowest BCUT2D eigenvalue weighted by Gasteiger charge is -2.37. The van der Waals surface area contributed by atoms with E-state index in [9.17, 15) is 4.79 Å². The Bertz CT molecular complexity index is 2280. The molecule has 0 aliphatic rings. The van der Waals surface area contributed by atoms with Crippen LogP contribution in [0, 0.1) is 5.82 Å². The Kier molecular flexibility index (Phi) is 12.0. The van der Waals surface area contributed by atoms with Gasteiger partial charge in [0.1, 0.15) is 5.54 Å². The van der Waals surface area contributed by atoms with Crippen molar-refractivity contribution in [2.24, 2.45) is 0 Å². The van der Waals surface area contributed by atoms with Gasteiger partial charge in [-0.3, -0.25) is 4.79 Å². The Balaban J connectivity index is 1.33. The fourth-order valence-corrected chi connectivity index (χ4v) is 7.18. The average Bonchev–Trinajstić information content (AvgIpc) is 3.58. The second-order valence-electron chi connectivity index (χ2n) is 13.4. The Labute approximate surface area is 331 Å². The summed E-state index contributed by atoms with van der Waals surface area (Å²) in [7, 11) is 0. The first kappa shape index (κ1) is 38.2. The van der Waals surface area contributed by atoms with Gasteiger partial charge in [0.2, 0.25) is 5.91 Å². The molecule has 9 nitrogen and oxygen atoms in total. The number of nitrogens with zero attached hydrogens (tertiary/aromatic N) is 5. The Hall–Kier alpha value is -6.10. The van der Waals surface area contributed by atoms with Gasteiger partial charge in [0.25, 0.3) is 0 Å². The summed E-state index contributed by atoms with van der Waals surface area (Å²) in [6, 6.07) is 43.4. The molecule has 0 spiro atoms. The molecule has 2 aromatic heterocycles. The van der Waals surface area contributed by atoms with E-state index in [4.69, 9.17) is 21.4 Å². The Morgan fingerprint density at radius 3 is 2.02 bits per heavy atom. The number of hydrogen-bond acceptors (Lipinski definition) is 7. The number of rotatable bonds is 16. The largest absolute Gasteiger partial charge is 0.463 e. The number of amides is 1. The van der Waals surface area contributed by atoms with E-state index in [0.29, 0.717) is 28.5 Å². The van der Waals surface area contributed by atoms with Crippen molar-refractivity contribution in [1.82, 2.24) is 24.6 Å². The zero-order valence-corrected chi connectivity index (χ0v) is 32.1. The van der Waals surface area contributed by atoms with Crippen LogP contribution in [0.5, 0.6) is 6.01 Å². The molecule has 56 heavy (non-hydrogen) atoms. The molecule has 0 atom stereocenters. The minimum atomic E-state index is -0.966. The SMILES string of the molecule is CCN(CC)CCCOc1ncc(F)c(Nc2ccc3c(c2)c(NC(=O)Cc2ccc(Cl)cc2)nn3C(c2ccccc2)(c2ccccc2)c2ccccc2)n1. The summed E-state index contributed by atoms with van der Waals surface area (Å²) >= 11 is 6.12. The molecule has 2 N–H and O–H groups in total. The van der Waals surface area contributed by atoms with Crippen LogP contribution in [0.2, 0.25) is 5.02 Å². The van der Waals surface area contributed by atoms with E-state index < -0.39 is 11.4 Å². The summed E-state index contributed by atoms with van der Waals surface area (Å²) in [5.74, 6) is -0.586. The summed E-state index contributed by atoms with van der Waals surface area (Å²) in [4.78, 5) is 24.4. The number of benzene rings is 5. The van der Waals surface area contributed by atoms with Crippen molar-refractivity contribution in [3.63, 3.8) is 0 Å². The minimum Gasteiger partial charge on any atom is -0.463 e. The number of fused-ring (bicyclic) bond motifs is 1. The van der Waals surface area contributed by atoms with E-state index in [-0.39, 0.29) is 24.2 Å². The number of carbonyl (C=O) groups is 1. The highest BCUT2D eigenvalue weighted by molar-refractivity contribution is 6.30. The molecule has 0 unspecified atom stereocenters. The quantitative estimate of drug-likeness (QED) is 0.0747. The van der Waals surface area contributed by atoms with Gasteiger partial charge in [-0.05, 0) is 72.1 Å². The molecule has 0 fully saturated rings. The van der Waals surface area contributed by atoms with E-state index >= 15 is 4.39 Å². The Morgan fingerprint density at radius 2 is 1.43 bits per heavy atom. The van der Waals surface area contributed by atoms with Crippen molar-refractivity contribution in [3.8, 4) is 6.01 Å². The molecule has 7 rings (SSSR count). The standard InChI is InChI=1S/C45H43ClFN7O2/c1-3-53(4-2)27-14-28-56-44-48-31-39(47)43(51-44)49-37-25-26-40-38(30-37)42(50-41(55)29-32-21-23-36(46)24-22-32)52-54(40)45(33-15-8-5-9-16-33,34-17-10-6-11-18-34)35-19-12-7-13-20-35/h5-13,15-26,30-31H,3-4,14,27-29H2,1-2H3,(H,48,49,51)(H,50,52,55). The van der Waals surface area contributed by atoms with Gasteiger partial charge in [-0.25, -0.2) is 14.1 Å². The van der Waals surface area contributed by atoms with Crippen LogP contribution in [0.25, 0.3) is 10.9 Å². The van der Waals surface area contributed by atoms with Gasteiger partial charge in [0.15, 0.2) is 17.5 Å². The van der Waals surface area contributed by atoms with Crippen molar-refractivity contribution in [2.45, 2.75) is 32.2 Å². The monoisotopic (exact) mass is 767 g/mol. The zero-order valence-electron chi connectivity index (χ0n) is 31.3. The smallest absolute Gasteiger partial charge is 0.318 e. The predicted octanol–water partition coefficient (Wildman–Crippen LogP) is 9.49. The molecule has 0 saturated carbocycles. The molecule has 7 aromatic rings. The lowest BCUT2D eigenvalue weighted by Crippen LogP contribution is -2.38. The number of anilines is 3. The summed E-state index contributed by atoms with van der Waals surface area (Å²) < 4.78 is 23.0. The fourth-order valence-electron chi connectivity index (χ4n) is 7.05. The van der Waals surface area contributed by atoms with Crippen LogP contribution in [0.1, 0.15) is 42.5 Å². The zero-order chi connectivity index (χ0) is 38.9. The summed E-state index contributed by atoms with van der Waals surface area (Å²) in [6.07, 6.45) is 1.99. The van der Waals surface area contributed by atoms with Crippen LogP contribution in [0.15, 0.2) is 140 Å². The first-order valence-corrected chi connectivity index (χ1v) is 19.2. The molecular weight excluding hydrogens is 725 g/mol. The maximum Gasteiger partial charge on any atom is 0.318 e. The summed E-state index contributed by atoms with van der Waals surface area (Å²) in [6.45, 7) is 7.45. The van der Waals surface area contributed by atoms with Gasteiger partial charge in [0, 0.05) is 22.6 Å². The normalized spacial score (nSPS) is 11.5. The van der Waals surface area contributed by atoms with E-state index in [1.54, 1.807) is 12.1 Å².